The fraction of sp³-hybridized carbons (Fsp3) is 0.348. The maximum atomic E-state index is 14.5. The number of amidine groups is 1. The average molecular weight is 406 g/mol. The Hall–Kier alpha value is -3.22. The van der Waals surface area contributed by atoms with Gasteiger partial charge in [0.15, 0.2) is 0 Å². The first kappa shape index (κ1) is 17.6. The Morgan fingerprint density at radius 2 is 1.60 bits per heavy atom. The van der Waals surface area contributed by atoms with Gasteiger partial charge < -0.3 is 14.4 Å². The fourth-order valence-corrected chi connectivity index (χ4v) is 5.22. The Morgan fingerprint density at radius 3 is 2.30 bits per heavy atom. The van der Waals surface area contributed by atoms with E-state index in [-0.39, 0.29) is 5.91 Å². The lowest BCUT2D eigenvalue weighted by Crippen LogP contribution is -2.47. The van der Waals surface area contributed by atoms with Gasteiger partial charge in [-0.2, -0.15) is 4.99 Å². The zero-order valence-electron chi connectivity index (χ0n) is 16.2. The summed E-state index contributed by atoms with van der Waals surface area (Å²) in [6.07, 6.45) is 1.86. The number of hydrogen-bond donors (Lipinski definition) is 0. The number of nitrogens with zero attached hydrogens (tertiary/aromatic N) is 2. The molecular weight excluding hydrogens is 387 g/mol. The third-order valence-electron chi connectivity index (χ3n) is 6.76. The summed E-state index contributed by atoms with van der Waals surface area (Å²) in [6.45, 7) is 0.909. The van der Waals surface area contributed by atoms with Gasteiger partial charge in [-0.1, -0.05) is 30.3 Å². The molecule has 0 aromatic heterocycles. The SMILES string of the molecule is O=C1OC2(CCN(C3=NC(=O)C4(Cc5ccccc5C4)O3)CC2)c2c(F)cccc21. The fourth-order valence-electron chi connectivity index (χ4n) is 5.22. The molecule has 0 saturated carbocycles. The van der Waals surface area contributed by atoms with Crippen LogP contribution in [0.4, 0.5) is 4.39 Å². The summed E-state index contributed by atoms with van der Waals surface area (Å²) in [5, 5.41) is 0. The van der Waals surface area contributed by atoms with Gasteiger partial charge in [0, 0.05) is 44.3 Å². The van der Waals surface area contributed by atoms with E-state index >= 15 is 0 Å². The molecule has 0 bridgehead atoms. The van der Waals surface area contributed by atoms with Crippen molar-refractivity contribution in [2.45, 2.75) is 36.9 Å². The van der Waals surface area contributed by atoms with Gasteiger partial charge in [0.2, 0.25) is 5.60 Å². The molecule has 2 spiro atoms. The number of aliphatic imine (C=N–C) groups is 1. The normalized spacial score (nSPS) is 22.7. The Labute approximate surface area is 172 Å². The van der Waals surface area contributed by atoms with Crippen LogP contribution >= 0.6 is 0 Å². The van der Waals surface area contributed by atoms with Gasteiger partial charge in [-0.3, -0.25) is 4.79 Å². The molecular formula is C23H19FN2O4. The number of halogens is 1. The van der Waals surface area contributed by atoms with E-state index in [1.165, 1.54) is 12.1 Å². The molecule has 3 heterocycles. The highest BCUT2D eigenvalue weighted by Gasteiger charge is 2.54. The topological polar surface area (TPSA) is 68.2 Å². The van der Waals surface area contributed by atoms with Crippen molar-refractivity contribution in [3.05, 3.63) is 70.5 Å². The Kier molecular flexibility index (Phi) is 3.47. The summed E-state index contributed by atoms with van der Waals surface area (Å²) < 4.78 is 26.3. The van der Waals surface area contributed by atoms with Crippen molar-refractivity contribution in [1.82, 2.24) is 4.90 Å². The van der Waals surface area contributed by atoms with E-state index in [1.807, 2.05) is 29.2 Å². The number of fused-ring (bicyclic) bond motifs is 3. The average Bonchev–Trinajstić information content (AvgIpc) is 3.36. The number of carbonyl (C=O) groups is 2. The first-order valence-electron chi connectivity index (χ1n) is 10.2. The molecule has 2 aromatic rings. The molecule has 0 atom stereocenters. The van der Waals surface area contributed by atoms with E-state index in [1.54, 1.807) is 6.07 Å². The summed E-state index contributed by atoms with van der Waals surface area (Å²) in [5.74, 6) is -1.15. The van der Waals surface area contributed by atoms with E-state index in [9.17, 15) is 14.0 Å². The zero-order chi connectivity index (χ0) is 20.5. The standard InChI is InChI=1S/C23H19FN2O4/c24-17-7-3-6-16-18(17)22(29-19(16)27)8-10-26(11-9-22)21-25-20(28)23(30-21)12-14-4-1-2-5-15(14)13-23/h1-7H,8-13H2. The van der Waals surface area contributed by atoms with Crippen LogP contribution in [0.1, 0.15) is 39.9 Å². The number of carbonyl (C=O) groups excluding carboxylic acids is 2. The maximum Gasteiger partial charge on any atom is 0.339 e. The number of esters is 1. The van der Waals surface area contributed by atoms with Crippen LogP contribution in [0.3, 0.4) is 0 Å². The second-order valence-electron chi connectivity index (χ2n) is 8.45. The highest BCUT2D eigenvalue weighted by atomic mass is 19.1. The summed E-state index contributed by atoms with van der Waals surface area (Å²) in [5.41, 5.74) is 0.971. The highest BCUT2D eigenvalue weighted by Crippen LogP contribution is 2.46. The number of rotatable bonds is 0. The summed E-state index contributed by atoms with van der Waals surface area (Å²) >= 11 is 0. The monoisotopic (exact) mass is 406 g/mol. The minimum Gasteiger partial charge on any atom is -0.450 e. The summed E-state index contributed by atoms with van der Waals surface area (Å²) in [7, 11) is 0. The molecule has 1 amide bonds. The van der Waals surface area contributed by atoms with E-state index in [0.717, 1.165) is 11.1 Å². The van der Waals surface area contributed by atoms with Gasteiger partial charge in [0.25, 0.3) is 11.9 Å². The lowest BCUT2D eigenvalue weighted by molar-refractivity contribution is -0.130. The van der Waals surface area contributed by atoms with Crippen LogP contribution in [-0.2, 0) is 32.7 Å². The minimum atomic E-state index is -0.960. The quantitative estimate of drug-likeness (QED) is 0.630. The van der Waals surface area contributed by atoms with E-state index < -0.39 is 23.0 Å². The first-order chi connectivity index (χ1) is 14.5. The third-order valence-corrected chi connectivity index (χ3v) is 6.76. The molecule has 1 fully saturated rings. The van der Waals surface area contributed by atoms with Gasteiger partial charge in [-0.05, 0) is 23.3 Å². The Bertz CT molecular complexity index is 1110. The predicted molar refractivity (Wildman–Crippen MR) is 104 cm³/mol. The van der Waals surface area contributed by atoms with Gasteiger partial charge in [-0.15, -0.1) is 0 Å². The van der Waals surface area contributed by atoms with Crippen molar-refractivity contribution in [3.8, 4) is 0 Å². The second-order valence-corrected chi connectivity index (χ2v) is 8.45. The molecule has 3 aliphatic heterocycles. The van der Waals surface area contributed by atoms with Crippen molar-refractivity contribution in [2.24, 2.45) is 4.99 Å². The Balaban J connectivity index is 1.21. The lowest BCUT2D eigenvalue weighted by Gasteiger charge is -2.39. The molecule has 6 rings (SSSR count). The van der Waals surface area contributed by atoms with Gasteiger partial charge in [0.05, 0.1) is 5.56 Å². The molecule has 2 aromatic carbocycles. The van der Waals surface area contributed by atoms with E-state index in [2.05, 4.69) is 4.99 Å². The number of likely N-dealkylation sites (tertiary alicyclic amines) is 1. The van der Waals surface area contributed by atoms with Crippen LogP contribution in [0.2, 0.25) is 0 Å². The molecule has 152 valence electrons. The largest absolute Gasteiger partial charge is 0.450 e. The first-order valence-corrected chi connectivity index (χ1v) is 10.2. The molecule has 0 radical (unpaired) electrons. The second kappa shape index (κ2) is 5.90. The van der Waals surface area contributed by atoms with Crippen LogP contribution in [0.15, 0.2) is 47.5 Å². The zero-order valence-corrected chi connectivity index (χ0v) is 16.2. The summed E-state index contributed by atoms with van der Waals surface area (Å²) in [4.78, 5) is 31.1. The molecule has 4 aliphatic rings. The molecule has 0 unspecified atom stereocenters. The number of hydrogen-bond acceptors (Lipinski definition) is 5. The van der Waals surface area contributed by atoms with E-state index in [4.69, 9.17) is 9.47 Å². The number of piperidine rings is 1. The number of ether oxygens (including phenoxy) is 2. The third kappa shape index (κ3) is 2.32. The minimum absolute atomic E-state index is 0.252. The van der Waals surface area contributed by atoms with Crippen LogP contribution < -0.4 is 0 Å². The Morgan fingerprint density at radius 1 is 0.900 bits per heavy atom. The van der Waals surface area contributed by atoms with Crippen LogP contribution in [0, 0.1) is 5.82 Å². The van der Waals surface area contributed by atoms with Gasteiger partial charge >= 0.3 is 5.97 Å². The van der Waals surface area contributed by atoms with Crippen LogP contribution in [-0.4, -0.2) is 41.5 Å². The lowest BCUT2D eigenvalue weighted by atomic mass is 9.83. The molecule has 1 aliphatic carbocycles. The molecule has 7 heteroatoms. The highest BCUT2D eigenvalue weighted by molar-refractivity contribution is 6.02. The molecule has 30 heavy (non-hydrogen) atoms. The number of benzene rings is 2. The maximum absolute atomic E-state index is 14.5. The van der Waals surface area contributed by atoms with Gasteiger partial charge in [-0.25, -0.2) is 9.18 Å². The van der Waals surface area contributed by atoms with Crippen LogP contribution in [0.25, 0.3) is 0 Å². The van der Waals surface area contributed by atoms with Crippen molar-refractivity contribution < 1.29 is 23.5 Å². The molecule has 1 saturated heterocycles. The van der Waals surface area contributed by atoms with Crippen molar-refractivity contribution in [1.29, 1.82) is 0 Å². The van der Waals surface area contributed by atoms with Crippen LogP contribution in [0.5, 0.6) is 0 Å². The van der Waals surface area contributed by atoms with Crippen molar-refractivity contribution >= 4 is 17.9 Å². The van der Waals surface area contributed by atoms with Crippen molar-refractivity contribution in [2.75, 3.05) is 13.1 Å². The molecule has 0 N–H and O–H groups in total. The van der Waals surface area contributed by atoms with Crippen molar-refractivity contribution in [3.63, 3.8) is 0 Å². The number of amides is 1. The smallest absolute Gasteiger partial charge is 0.339 e. The van der Waals surface area contributed by atoms with Gasteiger partial charge in [0.1, 0.15) is 11.4 Å². The predicted octanol–water partition coefficient (Wildman–Crippen LogP) is 2.74. The van der Waals surface area contributed by atoms with E-state index in [0.29, 0.717) is 55.9 Å². The summed E-state index contributed by atoms with van der Waals surface area (Å²) in [6, 6.07) is 12.8. The molecule has 6 nitrogen and oxygen atoms in total.